The van der Waals surface area contributed by atoms with E-state index >= 15 is 0 Å². The van der Waals surface area contributed by atoms with E-state index in [2.05, 4.69) is 15.0 Å². The van der Waals surface area contributed by atoms with E-state index in [4.69, 9.17) is 4.74 Å². The van der Waals surface area contributed by atoms with Gasteiger partial charge in [0.2, 0.25) is 0 Å². The fourth-order valence-electron chi connectivity index (χ4n) is 1.46. The van der Waals surface area contributed by atoms with Crippen molar-refractivity contribution in [1.82, 2.24) is 9.97 Å². The molecule has 0 aliphatic carbocycles. The van der Waals surface area contributed by atoms with Gasteiger partial charge in [-0.3, -0.25) is 9.78 Å². The highest BCUT2D eigenvalue weighted by molar-refractivity contribution is 5.81. The second kappa shape index (κ2) is 5.81. The molecule has 0 spiro atoms. The van der Waals surface area contributed by atoms with Crippen LogP contribution in [0.25, 0.3) is 0 Å². The first kappa shape index (κ1) is 12.8. The predicted molar refractivity (Wildman–Crippen MR) is 72.5 cm³/mol. The van der Waals surface area contributed by atoms with E-state index in [-0.39, 0.29) is 5.69 Å². The third-order valence-corrected chi connectivity index (χ3v) is 2.34. The lowest BCUT2D eigenvalue weighted by Gasteiger charge is -2.01. The van der Waals surface area contributed by atoms with Crippen molar-refractivity contribution in [3.8, 4) is 5.75 Å². The highest BCUT2D eigenvalue weighted by atomic mass is 16.5. The van der Waals surface area contributed by atoms with Crippen LogP contribution >= 0.6 is 0 Å². The highest BCUT2D eigenvalue weighted by Crippen LogP contribution is 2.11. The number of aliphatic imine (C=N–C) groups is 1. The van der Waals surface area contributed by atoms with Crippen LogP contribution in [-0.4, -0.2) is 22.8 Å². The maximum Gasteiger partial charge on any atom is 0.325 e. The SMILES string of the molecule is CCOc1ccc(C=Nc2c[nH]c(=O)[nH]c2=O)cc1. The largest absolute Gasteiger partial charge is 0.494 e. The molecule has 1 heterocycles. The van der Waals surface area contributed by atoms with Gasteiger partial charge in [0.1, 0.15) is 11.4 Å². The Balaban J connectivity index is 2.18. The summed E-state index contributed by atoms with van der Waals surface area (Å²) < 4.78 is 5.32. The van der Waals surface area contributed by atoms with Crippen LogP contribution in [0, 0.1) is 0 Å². The summed E-state index contributed by atoms with van der Waals surface area (Å²) in [5.74, 6) is 0.779. The molecule has 0 amide bonds. The van der Waals surface area contributed by atoms with Crippen LogP contribution in [0.1, 0.15) is 12.5 Å². The lowest BCUT2D eigenvalue weighted by molar-refractivity contribution is 0.340. The molecule has 6 heteroatoms. The molecule has 2 aromatic rings. The van der Waals surface area contributed by atoms with Gasteiger partial charge in [0.25, 0.3) is 5.56 Å². The Morgan fingerprint density at radius 2 is 2.00 bits per heavy atom. The molecule has 19 heavy (non-hydrogen) atoms. The second-order valence-electron chi connectivity index (χ2n) is 3.72. The standard InChI is InChI=1S/C13H13N3O3/c1-2-19-10-5-3-9(4-6-10)7-14-11-8-15-13(18)16-12(11)17/h3-8H,2H2,1H3,(H2,15,16,17,18). The molecule has 0 radical (unpaired) electrons. The predicted octanol–water partition coefficient (Wildman–Crippen LogP) is 1.21. The average molecular weight is 259 g/mol. The van der Waals surface area contributed by atoms with Crippen LogP contribution in [0.3, 0.4) is 0 Å². The summed E-state index contributed by atoms with van der Waals surface area (Å²) in [6, 6.07) is 7.30. The first-order valence-corrected chi connectivity index (χ1v) is 5.78. The first-order chi connectivity index (χ1) is 9.19. The number of H-pyrrole nitrogens is 2. The Labute approximate surface area is 108 Å². The van der Waals surface area contributed by atoms with Crippen molar-refractivity contribution in [1.29, 1.82) is 0 Å². The number of aromatic nitrogens is 2. The summed E-state index contributed by atoms with van der Waals surface area (Å²) in [5.41, 5.74) is -0.0986. The highest BCUT2D eigenvalue weighted by Gasteiger charge is 1.97. The minimum Gasteiger partial charge on any atom is -0.494 e. The zero-order valence-corrected chi connectivity index (χ0v) is 10.3. The maximum atomic E-state index is 11.4. The van der Waals surface area contributed by atoms with Gasteiger partial charge >= 0.3 is 5.69 Å². The van der Waals surface area contributed by atoms with E-state index in [0.717, 1.165) is 11.3 Å². The fourth-order valence-corrected chi connectivity index (χ4v) is 1.46. The van der Waals surface area contributed by atoms with Gasteiger partial charge in [-0.15, -0.1) is 0 Å². The molecule has 0 aliphatic heterocycles. The van der Waals surface area contributed by atoms with Gasteiger partial charge in [0.15, 0.2) is 0 Å². The summed E-state index contributed by atoms with van der Waals surface area (Å²) in [4.78, 5) is 30.7. The van der Waals surface area contributed by atoms with Crippen molar-refractivity contribution < 1.29 is 4.74 Å². The van der Waals surface area contributed by atoms with Crippen LogP contribution in [0.4, 0.5) is 5.69 Å². The molecule has 2 rings (SSSR count). The Morgan fingerprint density at radius 3 is 2.63 bits per heavy atom. The van der Waals surface area contributed by atoms with E-state index < -0.39 is 11.2 Å². The Hall–Kier alpha value is -2.63. The summed E-state index contributed by atoms with van der Waals surface area (Å²) in [6.07, 6.45) is 2.81. The van der Waals surface area contributed by atoms with Gasteiger partial charge in [0.05, 0.1) is 6.61 Å². The topological polar surface area (TPSA) is 87.3 Å². The van der Waals surface area contributed by atoms with E-state index in [1.807, 2.05) is 31.2 Å². The molecule has 6 nitrogen and oxygen atoms in total. The molecule has 0 bridgehead atoms. The third-order valence-electron chi connectivity index (χ3n) is 2.34. The van der Waals surface area contributed by atoms with Crippen molar-refractivity contribution in [2.75, 3.05) is 6.61 Å². The van der Waals surface area contributed by atoms with Gasteiger partial charge in [-0.25, -0.2) is 9.79 Å². The van der Waals surface area contributed by atoms with E-state index in [1.165, 1.54) is 6.20 Å². The average Bonchev–Trinajstić information content (AvgIpc) is 2.40. The molecule has 0 saturated heterocycles. The van der Waals surface area contributed by atoms with Crippen LogP contribution in [-0.2, 0) is 0 Å². The van der Waals surface area contributed by atoms with Crippen LogP contribution in [0.5, 0.6) is 5.75 Å². The number of benzene rings is 1. The van der Waals surface area contributed by atoms with E-state index in [1.54, 1.807) is 6.21 Å². The maximum absolute atomic E-state index is 11.4. The lowest BCUT2D eigenvalue weighted by Crippen LogP contribution is -2.20. The normalized spacial score (nSPS) is 10.8. The molecular formula is C13H13N3O3. The van der Waals surface area contributed by atoms with Crippen LogP contribution in [0.15, 0.2) is 45.0 Å². The summed E-state index contributed by atoms with van der Waals surface area (Å²) in [7, 11) is 0. The van der Waals surface area contributed by atoms with Gasteiger partial charge < -0.3 is 9.72 Å². The number of ether oxygens (including phenoxy) is 1. The van der Waals surface area contributed by atoms with Crippen LogP contribution in [0.2, 0.25) is 0 Å². The summed E-state index contributed by atoms with van der Waals surface area (Å²) in [6.45, 7) is 2.53. The van der Waals surface area contributed by atoms with E-state index in [9.17, 15) is 9.59 Å². The van der Waals surface area contributed by atoms with Crippen molar-refractivity contribution in [2.24, 2.45) is 4.99 Å². The number of hydrogen-bond acceptors (Lipinski definition) is 4. The molecule has 0 fully saturated rings. The van der Waals surface area contributed by atoms with E-state index in [0.29, 0.717) is 6.61 Å². The van der Waals surface area contributed by atoms with Crippen LogP contribution < -0.4 is 16.0 Å². The van der Waals surface area contributed by atoms with Crippen molar-refractivity contribution in [3.05, 3.63) is 56.9 Å². The van der Waals surface area contributed by atoms with Gasteiger partial charge in [0, 0.05) is 12.4 Å². The molecule has 98 valence electrons. The Bertz CT molecular complexity index is 683. The van der Waals surface area contributed by atoms with Crippen molar-refractivity contribution in [2.45, 2.75) is 6.92 Å². The third kappa shape index (κ3) is 3.41. The molecule has 0 atom stereocenters. The minimum atomic E-state index is -0.551. The second-order valence-corrected chi connectivity index (χ2v) is 3.72. The Kier molecular flexibility index (Phi) is 3.92. The number of rotatable bonds is 4. The monoisotopic (exact) mass is 259 g/mol. The molecule has 0 saturated carbocycles. The molecule has 2 N–H and O–H groups in total. The van der Waals surface area contributed by atoms with Gasteiger partial charge in [-0.1, -0.05) is 0 Å². The quantitative estimate of drug-likeness (QED) is 0.809. The Morgan fingerprint density at radius 1 is 1.26 bits per heavy atom. The lowest BCUT2D eigenvalue weighted by atomic mass is 10.2. The zero-order chi connectivity index (χ0) is 13.7. The first-order valence-electron chi connectivity index (χ1n) is 5.78. The van der Waals surface area contributed by atoms with Crippen molar-refractivity contribution >= 4 is 11.9 Å². The molecular weight excluding hydrogens is 246 g/mol. The summed E-state index contributed by atoms with van der Waals surface area (Å²) >= 11 is 0. The number of aromatic amines is 2. The summed E-state index contributed by atoms with van der Waals surface area (Å²) in [5, 5.41) is 0. The number of nitrogens with one attached hydrogen (secondary N) is 2. The molecule has 1 aromatic heterocycles. The molecule has 0 aliphatic rings. The van der Waals surface area contributed by atoms with Crippen molar-refractivity contribution in [3.63, 3.8) is 0 Å². The van der Waals surface area contributed by atoms with Gasteiger partial charge in [-0.2, -0.15) is 0 Å². The fraction of sp³-hybridized carbons (Fsp3) is 0.154. The van der Waals surface area contributed by atoms with Gasteiger partial charge in [-0.05, 0) is 36.8 Å². The number of nitrogens with zero attached hydrogens (tertiary/aromatic N) is 1. The minimum absolute atomic E-state index is 0.147. The smallest absolute Gasteiger partial charge is 0.325 e. The molecule has 0 unspecified atom stereocenters. The number of hydrogen-bond donors (Lipinski definition) is 2. The zero-order valence-electron chi connectivity index (χ0n) is 10.3. The molecule has 1 aromatic carbocycles.